The summed E-state index contributed by atoms with van der Waals surface area (Å²) in [5.74, 6) is 1.30. The Balaban J connectivity index is 1.69. The second kappa shape index (κ2) is 9.90. The molecule has 188 valence electrons. The molecule has 1 aliphatic heterocycles. The lowest BCUT2D eigenvalue weighted by Gasteiger charge is -2.32. The van der Waals surface area contributed by atoms with Crippen molar-refractivity contribution < 1.29 is 9.53 Å². The highest BCUT2D eigenvalue weighted by atomic mass is 16.5. The van der Waals surface area contributed by atoms with E-state index in [4.69, 9.17) is 4.74 Å². The molecule has 2 aromatic heterocycles. The molecule has 3 aromatic rings. The minimum absolute atomic E-state index is 0.128. The third-order valence-electron chi connectivity index (χ3n) is 7.53. The predicted molar refractivity (Wildman–Crippen MR) is 141 cm³/mol. The lowest BCUT2D eigenvalue weighted by Crippen LogP contribution is -2.40. The Morgan fingerprint density at radius 3 is 2.49 bits per heavy atom. The topological polar surface area (TPSA) is 70.6 Å². The molecule has 7 nitrogen and oxygen atoms in total. The fourth-order valence-corrected chi connectivity index (χ4v) is 5.25. The molecule has 1 aliphatic rings. The lowest BCUT2D eigenvalue weighted by atomic mass is 9.87. The summed E-state index contributed by atoms with van der Waals surface area (Å²) in [6.45, 7) is 8.79. The molecule has 0 bridgehead atoms. The van der Waals surface area contributed by atoms with Gasteiger partial charge in [-0.1, -0.05) is 19.9 Å². The van der Waals surface area contributed by atoms with E-state index in [-0.39, 0.29) is 11.5 Å². The van der Waals surface area contributed by atoms with Gasteiger partial charge in [-0.3, -0.25) is 14.5 Å². The van der Waals surface area contributed by atoms with Crippen LogP contribution in [-0.2, 0) is 11.8 Å². The van der Waals surface area contributed by atoms with E-state index in [1.807, 2.05) is 27.1 Å². The largest absolute Gasteiger partial charge is 0.491 e. The normalized spacial score (nSPS) is 15.2. The van der Waals surface area contributed by atoms with Gasteiger partial charge in [0.25, 0.3) is 5.56 Å². The van der Waals surface area contributed by atoms with Gasteiger partial charge in [0.05, 0.1) is 19.3 Å². The van der Waals surface area contributed by atoms with E-state index in [0.29, 0.717) is 24.1 Å². The minimum atomic E-state index is -0.128. The first kappa shape index (κ1) is 25.0. The summed E-state index contributed by atoms with van der Waals surface area (Å²) in [6, 6.07) is 8.65. The van der Waals surface area contributed by atoms with Crippen LogP contribution in [0.5, 0.6) is 5.75 Å². The second-order valence-electron chi connectivity index (χ2n) is 10.3. The van der Waals surface area contributed by atoms with Crippen molar-refractivity contribution in [2.45, 2.75) is 45.4 Å². The van der Waals surface area contributed by atoms with Crippen molar-refractivity contribution in [3.63, 3.8) is 0 Å². The molecule has 4 rings (SSSR count). The number of ether oxygens (including phenoxy) is 1. The standard InChI is InChI=1S/C28H38N4O3/c1-17(2)26-22-14-20(19-10-12-32(13-11-19)16-25(33)30(4)5)8-9-23(22)29-27(26)21-15-24(35-7)28(34)31(6)18(21)3/h8-9,14-15,17,19,29H,10-13,16H2,1-7H3. The van der Waals surface area contributed by atoms with Crippen LogP contribution in [0.25, 0.3) is 22.2 Å². The van der Waals surface area contributed by atoms with Gasteiger partial charge in [-0.25, -0.2) is 0 Å². The Labute approximate surface area is 207 Å². The zero-order chi connectivity index (χ0) is 25.4. The molecule has 1 N–H and O–H groups in total. The van der Waals surface area contributed by atoms with Crippen LogP contribution in [0.15, 0.2) is 29.1 Å². The van der Waals surface area contributed by atoms with Crippen LogP contribution in [0.4, 0.5) is 0 Å². The van der Waals surface area contributed by atoms with Gasteiger partial charge in [-0.2, -0.15) is 0 Å². The highest BCUT2D eigenvalue weighted by molar-refractivity contribution is 5.92. The fourth-order valence-electron chi connectivity index (χ4n) is 5.25. The molecule has 0 saturated carbocycles. The molecular formula is C28H38N4O3. The molecule has 1 fully saturated rings. The van der Waals surface area contributed by atoms with Gasteiger partial charge in [0.2, 0.25) is 5.91 Å². The average molecular weight is 479 g/mol. The number of pyridine rings is 1. The Kier molecular flexibility index (Phi) is 7.08. The highest BCUT2D eigenvalue weighted by Crippen LogP contribution is 2.39. The summed E-state index contributed by atoms with van der Waals surface area (Å²) < 4.78 is 7.04. The second-order valence-corrected chi connectivity index (χ2v) is 10.3. The van der Waals surface area contributed by atoms with Gasteiger partial charge in [-0.05, 0) is 74.0 Å². The lowest BCUT2D eigenvalue weighted by molar-refractivity contribution is -0.130. The quantitative estimate of drug-likeness (QED) is 0.575. The van der Waals surface area contributed by atoms with Crippen molar-refractivity contribution in [2.75, 3.05) is 40.8 Å². The van der Waals surface area contributed by atoms with E-state index >= 15 is 0 Å². The van der Waals surface area contributed by atoms with Crippen LogP contribution in [-0.4, -0.2) is 66.1 Å². The summed E-state index contributed by atoms with van der Waals surface area (Å²) in [5, 5.41) is 1.24. The van der Waals surface area contributed by atoms with E-state index in [0.717, 1.165) is 48.4 Å². The number of hydrogen-bond acceptors (Lipinski definition) is 4. The zero-order valence-electron chi connectivity index (χ0n) is 22.1. The van der Waals surface area contributed by atoms with E-state index in [1.54, 1.807) is 23.6 Å². The number of H-pyrrole nitrogens is 1. The van der Waals surface area contributed by atoms with E-state index in [1.165, 1.54) is 16.5 Å². The third-order valence-corrected chi connectivity index (χ3v) is 7.53. The number of likely N-dealkylation sites (tertiary alicyclic amines) is 1. The van der Waals surface area contributed by atoms with Crippen LogP contribution in [0, 0.1) is 6.92 Å². The van der Waals surface area contributed by atoms with Gasteiger partial charge in [0.1, 0.15) is 0 Å². The van der Waals surface area contributed by atoms with Crippen LogP contribution in [0.3, 0.4) is 0 Å². The summed E-state index contributed by atoms with van der Waals surface area (Å²) in [4.78, 5) is 32.2. The molecule has 7 heteroatoms. The van der Waals surface area contributed by atoms with E-state index in [9.17, 15) is 9.59 Å². The molecule has 1 amide bonds. The zero-order valence-corrected chi connectivity index (χ0v) is 22.1. The monoisotopic (exact) mass is 478 g/mol. The van der Waals surface area contributed by atoms with Crippen molar-refractivity contribution in [2.24, 2.45) is 7.05 Å². The number of nitrogens with zero attached hydrogens (tertiary/aromatic N) is 3. The first-order valence-corrected chi connectivity index (χ1v) is 12.4. The van der Waals surface area contributed by atoms with Crippen LogP contribution >= 0.6 is 0 Å². The Hall–Kier alpha value is -3.06. The van der Waals surface area contributed by atoms with Gasteiger partial charge in [0, 0.05) is 43.3 Å². The Bertz CT molecular complexity index is 1290. The molecule has 0 spiro atoms. The van der Waals surface area contributed by atoms with E-state index in [2.05, 4.69) is 41.9 Å². The number of amides is 1. The van der Waals surface area contributed by atoms with Crippen molar-refractivity contribution in [1.82, 2.24) is 19.4 Å². The maximum atomic E-state index is 12.5. The predicted octanol–water partition coefficient (Wildman–Crippen LogP) is 4.24. The number of carbonyl (C=O) groups excluding carboxylic acids is 1. The molecule has 0 atom stereocenters. The summed E-state index contributed by atoms with van der Waals surface area (Å²) in [7, 11) is 6.96. The number of hydrogen-bond donors (Lipinski definition) is 1. The number of piperidine rings is 1. The Morgan fingerprint density at radius 2 is 1.89 bits per heavy atom. The van der Waals surface area contributed by atoms with Gasteiger partial charge >= 0.3 is 0 Å². The molecular weight excluding hydrogens is 440 g/mol. The van der Waals surface area contributed by atoms with E-state index < -0.39 is 0 Å². The van der Waals surface area contributed by atoms with Crippen molar-refractivity contribution in [1.29, 1.82) is 0 Å². The Morgan fingerprint density at radius 1 is 1.20 bits per heavy atom. The maximum Gasteiger partial charge on any atom is 0.292 e. The minimum Gasteiger partial charge on any atom is -0.491 e. The van der Waals surface area contributed by atoms with Crippen LogP contribution in [0.1, 0.15) is 55.3 Å². The van der Waals surface area contributed by atoms with Gasteiger partial charge in [-0.15, -0.1) is 0 Å². The maximum absolute atomic E-state index is 12.5. The van der Waals surface area contributed by atoms with Crippen LogP contribution in [0.2, 0.25) is 0 Å². The summed E-state index contributed by atoms with van der Waals surface area (Å²) in [5.41, 5.74) is 6.55. The number of rotatable bonds is 6. The number of carbonyl (C=O) groups is 1. The summed E-state index contributed by atoms with van der Waals surface area (Å²) >= 11 is 0. The van der Waals surface area contributed by atoms with Gasteiger partial charge < -0.3 is 19.2 Å². The van der Waals surface area contributed by atoms with Crippen molar-refractivity contribution in [3.05, 3.63) is 51.4 Å². The molecule has 0 unspecified atom stereocenters. The number of aromatic amines is 1. The van der Waals surface area contributed by atoms with Crippen molar-refractivity contribution >= 4 is 16.8 Å². The number of aromatic nitrogens is 2. The number of fused-ring (bicyclic) bond motifs is 1. The number of methoxy groups -OCH3 is 1. The smallest absolute Gasteiger partial charge is 0.292 e. The first-order chi connectivity index (χ1) is 16.6. The number of likely N-dealkylation sites (N-methyl/N-ethyl adjacent to an activating group) is 1. The summed E-state index contributed by atoms with van der Waals surface area (Å²) in [6.07, 6.45) is 2.11. The van der Waals surface area contributed by atoms with Crippen molar-refractivity contribution in [3.8, 4) is 17.0 Å². The first-order valence-electron chi connectivity index (χ1n) is 12.4. The number of benzene rings is 1. The fraction of sp³-hybridized carbons (Fsp3) is 0.500. The molecule has 3 heterocycles. The molecule has 1 saturated heterocycles. The SMILES string of the molecule is COc1cc(-c2[nH]c3ccc(C4CCN(CC(=O)N(C)C)CC4)cc3c2C(C)C)c(C)n(C)c1=O. The average Bonchev–Trinajstić information content (AvgIpc) is 3.22. The molecule has 35 heavy (non-hydrogen) atoms. The molecule has 0 radical (unpaired) electrons. The van der Waals surface area contributed by atoms with Crippen LogP contribution < -0.4 is 10.3 Å². The molecule has 0 aliphatic carbocycles. The third kappa shape index (κ3) is 4.74. The molecule has 1 aromatic carbocycles. The highest BCUT2D eigenvalue weighted by Gasteiger charge is 2.25. The number of nitrogens with one attached hydrogen (secondary N) is 1. The van der Waals surface area contributed by atoms with Gasteiger partial charge in [0.15, 0.2) is 5.75 Å².